The summed E-state index contributed by atoms with van der Waals surface area (Å²) in [5.41, 5.74) is 5.50. The van der Waals surface area contributed by atoms with Gasteiger partial charge in [-0.1, -0.05) is 13.8 Å². The van der Waals surface area contributed by atoms with E-state index in [1.807, 2.05) is 0 Å². The lowest BCUT2D eigenvalue weighted by atomic mass is 9.83. The van der Waals surface area contributed by atoms with E-state index in [0.717, 1.165) is 19.3 Å². The molecule has 0 saturated heterocycles. The maximum Gasteiger partial charge on any atom is 0.326 e. The van der Waals surface area contributed by atoms with Crippen LogP contribution in [0, 0.1) is 10.8 Å². The molecule has 0 radical (unpaired) electrons. The molecule has 84 valence electrons. The monoisotopic (exact) mass is 221 g/mol. The van der Waals surface area contributed by atoms with Gasteiger partial charge in [-0.3, -0.25) is 4.57 Å². The average Bonchev–Trinajstić information content (AvgIpc) is 2.24. The molecular weight excluding hydrogens is 201 g/mol. The van der Waals surface area contributed by atoms with Gasteiger partial charge in [0.25, 0.3) is 0 Å². The Morgan fingerprint density at radius 3 is 2.21 bits per heavy atom. The Balaban J connectivity index is 2.76. The molecule has 1 atom stereocenters. The van der Waals surface area contributed by atoms with E-state index < -0.39 is 7.60 Å². The van der Waals surface area contributed by atoms with Gasteiger partial charge in [0.1, 0.15) is 0 Å². The Bertz CT molecular complexity index is 261. The molecule has 1 aliphatic carbocycles. The van der Waals surface area contributed by atoms with Crippen LogP contribution in [0.2, 0.25) is 0 Å². The SMILES string of the molecule is CC1(C)CC[C@](CN)(CP(=O)(O)O)C1. The van der Waals surface area contributed by atoms with Gasteiger partial charge >= 0.3 is 7.60 Å². The van der Waals surface area contributed by atoms with Crippen molar-refractivity contribution >= 4 is 7.60 Å². The first kappa shape index (κ1) is 12.2. The van der Waals surface area contributed by atoms with Crippen molar-refractivity contribution in [3.8, 4) is 0 Å². The van der Waals surface area contributed by atoms with Gasteiger partial charge in [-0.25, -0.2) is 0 Å². The second-order valence-corrected chi connectivity index (χ2v) is 7.01. The van der Waals surface area contributed by atoms with Crippen molar-refractivity contribution in [2.75, 3.05) is 12.7 Å². The van der Waals surface area contributed by atoms with Crippen LogP contribution in [0.4, 0.5) is 0 Å². The molecule has 1 aliphatic rings. The summed E-state index contributed by atoms with van der Waals surface area (Å²) in [5, 5.41) is 0. The van der Waals surface area contributed by atoms with Crippen molar-refractivity contribution in [2.24, 2.45) is 16.6 Å². The average molecular weight is 221 g/mol. The Morgan fingerprint density at radius 2 is 1.93 bits per heavy atom. The Labute approximate surface area is 85.0 Å². The van der Waals surface area contributed by atoms with Gasteiger partial charge in [0.15, 0.2) is 0 Å². The first-order chi connectivity index (χ1) is 6.18. The van der Waals surface area contributed by atoms with Crippen molar-refractivity contribution in [2.45, 2.75) is 33.1 Å². The molecule has 1 saturated carbocycles. The lowest BCUT2D eigenvalue weighted by molar-refractivity contribution is 0.268. The molecule has 1 rings (SSSR count). The zero-order valence-corrected chi connectivity index (χ0v) is 9.76. The van der Waals surface area contributed by atoms with Gasteiger partial charge in [-0.2, -0.15) is 0 Å². The molecule has 4 nitrogen and oxygen atoms in total. The number of hydrogen-bond acceptors (Lipinski definition) is 2. The summed E-state index contributed by atoms with van der Waals surface area (Å²) in [6.07, 6.45) is 2.60. The highest BCUT2D eigenvalue weighted by Gasteiger charge is 2.45. The second-order valence-electron chi connectivity index (χ2n) is 5.37. The van der Waals surface area contributed by atoms with Crippen LogP contribution in [-0.2, 0) is 4.57 Å². The highest BCUT2D eigenvalue weighted by atomic mass is 31.2. The summed E-state index contributed by atoms with van der Waals surface area (Å²) in [4.78, 5) is 18.0. The number of nitrogens with two attached hydrogens (primary N) is 1. The maximum atomic E-state index is 11.0. The molecule has 0 aromatic rings. The molecule has 5 heteroatoms. The van der Waals surface area contributed by atoms with E-state index in [1.165, 1.54) is 0 Å². The molecule has 0 unspecified atom stereocenters. The van der Waals surface area contributed by atoms with Crippen molar-refractivity contribution in [3.05, 3.63) is 0 Å². The fourth-order valence-corrected chi connectivity index (χ4v) is 3.88. The van der Waals surface area contributed by atoms with Gasteiger partial charge in [0, 0.05) is 0 Å². The normalized spacial score (nSPS) is 32.1. The lowest BCUT2D eigenvalue weighted by Gasteiger charge is -2.29. The van der Waals surface area contributed by atoms with Crippen molar-refractivity contribution in [1.29, 1.82) is 0 Å². The third kappa shape index (κ3) is 3.06. The molecule has 0 aromatic heterocycles. The number of rotatable bonds is 3. The standard InChI is InChI=1S/C9H20NO3P/c1-8(2)3-4-9(5-8,6-10)7-14(11,12)13/h3-7,10H2,1-2H3,(H2,11,12,13)/t9-/m0/s1. The van der Waals surface area contributed by atoms with Crippen molar-refractivity contribution < 1.29 is 14.4 Å². The quantitative estimate of drug-likeness (QED) is 0.627. The maximum absolute atomic E-state index is 11.0. The first-order valence-electron chi connectivity index (χ1n) is 4.93. The molecule has 0 amide bonds. The van der Waals surface area contributed by atoms with Crippen LogP contribution in [-0.4, -0.2) is 22.5 Å². The predicted molar refractivity (Wildman–Crippen MR) is 56.0 cm³/mol. The van der Waals surface area contributed by atoms with E-state index in [4.69, 9.17) is 15.5 Å². The number of hydrogen-bond donors (Lipinski definition) is 3. The Morgan fingerprint density at radius 1 is 1.36 bits per heavy atom. The van der Waals surface area contributed by atoms with E-state index in [1.54, 1.807) is 0 Å². The van der Waals surface area contributed by atoms with Gasteiger partial charge in [0.2, 0.25) is 0 Å². The third-order valence-corrected chi connectivity index (χ3v) is 4.24. The smallest absolute Gasteiger partial charge is 0.326 e. The zero-order valence-electron chi connectivity index (χ0n) is 8.86. The van der Waals surface area contributed by atoms with Gasteiger partial charge in [-0.15, -0.1) is 0 Å². The fourth-order valence-electron chi connectivity index (χ4n) is 2.61. The summed E-state index contributed by atoms with van der Waals surface area (Å²) < 4.78 is 11.0. The van der Waals surface area contributed by atoms with E-state index in [9.17, 15) is 4.57 Å². The molecule has 0 heterocycles. The van der Waals surface area contributed by atoms with Gasteiger partial charge in [-0.05, 0) is 36.6 Å². The van der Waals surface area contributed by atoms with Crippen LogP contribution in [0.25, 0.3) is 0 Å². The molecule has 4 N–H and O–H groups in total. The Hall–Kier alpha value is 0.110. The van der Waals surface area contributed by atoms with Crippen LogP contribution in [0.3, 0.4) is 0 Å². The van der Waals surface area contributed by atoms with Crippen molar-refractivity contribution in [1.82, 2.24) is 0 Å². The molecule has 14 heavy (non-hydrogen) atoms. The highest BCUT2D eigenvalue weighted by molar-refractivity contribution is 7.51. The summed E-state index contributed by atoms with van der Waals surface area (Å²) in [7, 11) is -3.93. The molecule has 0 aliphatic heterocycles. The van der Waals surface area contributed by atoms with E-state index in [-0.39, 0.29) is 17.0 Å². The highest BCUT2D eigenvalue weighted by Crippen LogP contribution is 2.54. The van der Waals surface area contributed by atoms with E-state index in [2.05, 4.69) is 13.8 Å². The molecular formula is C9H20NO3P. The van der Waals surface area contributed by atoms with Crippen LogP contribution < -0.4 is 5.73 Å². The lowest BCUT2D eigenvalue weighted by Crippen LogP contribution is -2.32. The van der Waals surface area contributed by atoms with Gasteiger partial charge in [0.05, 0.1) is 6.16 Å². The first-order valence-corrected chi connectivity index (χ1v) is 6.73. The summed E-state index contributed by atoms with van der Waals surface area (Å²) in [6.45, 7) is 4.63. The minimum Gasteiger partial charge on any atom is -0.330 e. The Kier molecular flexibility index (Phi) is 3.13. The van der Waals surface area contributed by atoms with Crippen molar-refractivity contribution in [3.63, 3.8) is 0 Å². The van der Waals surface area contributed by atoms with Crippen LogP contribution in [0.15, 0.2) is 0 Å². The molecule has 0 bridgehead atoms. The van der Waals surface area contributed by atoms with Crippen LogP contribution >= 0.6 is 7.60 Å². The minimum absolute atomic E-state index is 0.0556. The third-order valence-electron chi connectivity index (χ3n) is 3.16. The van der Waals surface area contributed by atoms with E-state index >= 15 is 0 Å². The summed E-state index contributed by atoms with van der Waals surface area (Å²) in [6, 6.07) is 0. The van der Waals surface area contributed by atoms with Crippen LogP contribution in [0.1, 0.15) is 33.1 Å². The minimum atomic E-state index is -3.93. The van der Waals surface area contributed by atoms with Crippen LogP contribution in [0.5, 0.6) is 0 Å². The topological polar surface area (TPSA) is 83.6 Å². The zero-order chi connectivity index (χ0) is 11.0. The molecule has 1 fully saturated rings. The fraction of sp³-hybridized carbons (Fsp3) is 1.00. The molecule has 0 aromatic carbocycles. The summed E-state index contributed by atoms with van der Waals surface area (Å²) in [5.74, 6) is 0. The summed E-state index contributed by atoms with van der Waals surface area (Å²) >= 11 is 0. The second kappa shape index (κ2) is 3.60. The largest absolute Gasteiger partial charge is 0.330 e. The molecule has 0 spiro atoms. The van der Waals surface area contributed by atoms with Gasteiger partial charge < -0.3 is 15.5 Å². The van der Waals surface area contributed by atoms with E-state index in [0.29, 0.717) is 6.54 Å². The predicted octanol–water partition coefficient (Wildman–Crippen LogP) is 1.32.